The van der Waals surface area contributed by atoms with Crippen molar-refractivity contribution in [1.29, 1.82) is 0 Å². The van der Waals surface area contributed by atoms with Crippen molar-refractivity contribution in [3.8, 4) is 11.3 Å². The van der Waals surface area contributed by atoms with Gasteiger partial charge in [0, 0.05) is 17.9 Å². The number of nitrogens with one attached hydrogen (secondary N) is 1. The maximum absolute atomic E-state index is 11.6. The first kappa shape index (κ1) is 13.2. The summed E-state index contributed by atoms with van der Waals surface area (Å²) < 4.78 is 0. The topological polar surface area (TPSA) is 54.9 Å². The van der Waals surface area contributed by atoms with E-state index in [0.29, 0.717) is 11.4 Å². The molecule has 0 radical (unpaired) electrons. The highest BCUT2D eigenvalue weighted by Crippen LogP contribution is 2.32. The Morgan fingerprint density at radius 2 is 1.81 bits per heavy atom. The van der Waals surface area contributed by atoms with Crippen LogP contribution in [0.4, 0.5) is 5.69 Å². The Balaban J connectivity index is 2.31. The van der Waals surface area contributed by atoms with E-state index >= 15 is 0 Å². The number of aromatic nitrogens is 2. The average Bonchev–Trinajstić information content (AvgIpc) is 2.48. The molecular weight excluding hydrogens is 262 g/mol. The van der Waals surface area contributed by atoms with Crippen LogP contribution in [-0.4, -0.2) is 16.1 Å². The molecular formula is C17H15N3O. The first-order valence-electron chi connectivity index (χ1n) is 6.75. The molecule has 3 rings (SSSR count). The van der Waals surface area contributed by atoms with Crippen molar-refractivity contribution < 1.29 is 4.79 Å². The van der Waals surface area contributed by atoms with Crippen molar-refractivity contribution in [2.45, 2.75) is 13.8 Å². The summed E-state index contributed by atoms with van der Waals surface area (Å²) in [6.07, 6.45) is 0. The molecule has 0 saturated heterocycles. The molecule has 0 bridgehead atoms. The molecule has 0 spiro atoms. The monoisotopic (exact) mass is 277 g/mol. The van der Waals surface area contributed by atoms with Crippen LogP contribution in [0.3, 0.4) is 0 Å². The van der Waals surface area contributed by atoms with E-state index in [1.807, 2.05) is 55.5 Å². The van der Waals surface area contributed by atoms with E-state index < -0.39 is 0 Å². The van der Waals surface area contributed by atoms with Gasteiger partial charge in [-0.15, -0.1) is 10.2 Å². The fourth-order valence-electron chi connectivity index (χ4n) is 2.32. The predicted molar refractivity (Wildman–Crippen MR) is 84.0 cm³/mol. The summed E-state index contributed by atoms with van der Waals surface area (Å²) in [5.74, 6) is -0.122. The first-order chi connectivity index (χ1) is 10.1. The number of nitrogens with zero attached hydrogens (tertiary/aromatic N) is 2. The standard InChI is InChI=1S/C17H15N3O/c1-11-8-9-15-14(10-11)17(18-12(2)21)16(20-19-15)13-6-4-3-5-7-13/h3-10H,1-2H3,(H,18,19,21). The summed E-state index contributed by atoms with van der Waals surface area (Å²) >= 11 is 0. The molecule has 2 aromatic carbocycles. The molecule has 0 fully saturated rings. The molecule has 3 aromatic rings. The van der Waals surface area contributed by atoms with Crippen molar-refractivity contribution in [3.05, 3.63) is 54.1 Å². The minimum atomic E-state index is -0.122. The fourth-order valence-corrected chi connectivity index (χ4v) is 2.32. The van der Waals surface area contributed by atoms with E-state index in [9.17, 15) is 4.79 Å². The number of benzene rings is 2. The minimum absolute atomic E-state index is 0.122. The maximum atomic E-state index is 11.6. The normalized spacial score (nSPS) is 10.6. The highest BCUT2D eigenvalue weighted by Gasteiger charge is 2.13. The molecule has 4 heteroatoms. The van der Waals surface area contributed by atoms with Crippen molar-refractivity contribution in [1.82, 2.24) is 10.2 Å². The second kappa shape index (κ2) is 5.32. The van der Waals surface area contributed by atoms with E-state index in [-0.39, 0.29) is 5.91 Å². The van der Waals surface area contributed by atoms with Gasteiger partial charge in [-0.05, 0) is 19.1 Å². The zero-order chi connectivity index (χ0) is 14.8. The van der Waals surface area contributed by atoms with Crippen molar-refractivity contribution in [3.63, 3.8) is 0 Å². The van der Waals surface area contributed by atoms with Crippen molar-refractivity contribution >= 4 is 22.5 Å². The van der Waals surface area contributed by atoms with E-state index in [2.05, 4.69) is 15.5 Å². The molecule has 21 heavy (non-hydrogen) atoms. The minimum Gasteiger partial charge on any atom is -0.324 e. The zero-order valence-corrected chi connectivity index (χ0v) is 11.9. The molecule has 1 heterocycles. The van der Waals surface area contributed by atoms with Gasteiger partial charge in [0.1, 0.15) is 5.69 Å². The van der Waals surface area contributed by atoms with Crippen LogP contribution in [-0.2, 0) is 4.79 Å². The number of hydrogen-bond donors (Lipinski definition) is 1. The molecule has 0 atom stereocenters. The third kappa shape index (κ3) is 2.60. The van der Waals surface area contributed by atoms with Crippen LogP contribution < -0.4 is 5.32 Å². The number of fused-ring (bicyclic) bond motifs is 1. The van der Waals surface area contributed by atoms with Crippen LogP contribution in [0.25, 0.3) is 22.2 Å². The molecule has 0 unspecified atom stereocenters. The number of carbonyl (C=O) groups is 1. The first-order valence-corrected chi connectivity index (χ1v) is 6.75. The smallest absolute Gasteiger partial charge is 0.221 e. The summed E-state index contributed by atoms with van der Waals surface area (Å²) in [4.78, 5) is 11.6. The van der Waals surface area contributed by atoms with E-state index in [4.69, 9.17) is 0 Å². The van der Waals surface area contributed by atoms with Gasteiger partial charge in [-0.1, -0.05) is 42.0 Å². The van der Waals surface area contributed by atoms with Crippen LogP contribution in [0.1, 0.15) is 12.5 Å². The van der Waals surface area contributed by atoms with E-state index in [0.717, 1.165) is 22.0 Å². The Morgan fingerprint density at radius 3 is 2.52 bits per heavy atom. The van der Waals surface area contributed by atoms with Crippen molar-refractivity contribution in [2.24, 2.45) is 0 Å². The lowest BCUT2D eigenvalue weighted by molar-refractivity contribution is -0.114. The van der Waals surface area contributed by atoms with Gasteiger partial charge in [0.15, 0.2) is 0 Å². The Labute approximate surface area is 122 Å². The molecule has 0 saturated carbocycles. The highest BCUT2D eigenvalue weighted by atomic mass is 16.1. The SMILES string of the molecule is CC(=O)Nc1c(-c2ccccc2)nnc2ccc(C)cc12. The third-order valence-corrected chi connectivity index (χ3v) is 3.26. The molecule has 0 aliphatic rings. The number of amides is 1. The zero-order valence-electron chi connectivity index (χ0n) is 11.9. The van der Waals surface area contributed by atoms with Gasteiger partial charge in [0.05, 0.1) is 11.2 Å². The Morgan fingerprint density at radius 1 is 1.05 bits per heavy atom. The van der Waals surface area contributed by atoms with Crippen LogP contribution >= 0.6 is 0 Å². The molecule has 1 aromatic heterocycles. The molecule has 0 aliphatic carbocycles. The Bertz CT molecular complexity index is 813. The fraction of sp³-hybridized carbons (Fsp3) is 0.118. The number of anilines is 1. The second-order valence-corrected chi connectivity index (χ2v) is 4.99. The Kier molecular flexibility index (Phi) is 3.36. The summed E-state index contributed by atoms with van der Waals surface area (Å²) in [5, 5.41) is 12.4. The summed E-state index contributed by atoms with van der Waals surface area (Å²) in [5.41, 5.74) is 4.20. The molecule has 104 valence electrons. The molecule has 1 amide bonds. The molecule has 4 nitrogen and oxygen atoms in total. The van der Waals surface area contributed by atoms with Crippen LogP contribution in [0.5, 0.6) is 0 Å². The van der Waals surface area contributed by atoms with Crippen LogP contribution in [0.2, 0.25) is 0 Å². The Hall–Kier alpha value is -2.75. The van der Waals surface area contributed by atoms with Gasteiger partial charge in [0.2, 0.25) is 5.91 Å². The largest absolute Gasteiger partial charge is 0.324 e. The van der Waals surface area contributed by atoms with Gasteiger partial charge in [0.25, 0.3) is 0 Å². The quantitative estimate of drug-likeness (QED) is 0.779. The predicted octanol–water partition coefficient (Wildman–Crippen LogP) is 3.56. The van der Waals surface area contributed by atoms with Crippen molar-refractivity contribution in [2.75, 3.05) is 5.32 Å². The third-order valence-electron chi connectivity index (χ3n) is 3.26. The number of rotatable bonds is 2. The summed E-state index contributed by atoms with van der Waals surface area (Å²) in [7, 11) is 0. The summed E-state index contributed by atoms with van der Waals surface area (Å²) in [6.45, 7) is 3.51. The summed E-state index contributed by atoms with van der Waals surface area (Å²) in [6, 6.07) is 15.6. The van der Waals surface area contributed by atoms with E-state index in [1.54, 1.807) is 0 Å². The second-order valence-electron chi connectivity index (χ2n) is 4.99. The average molecular weight is 277 g/mol. The lowest BCUT2D eigenvalue weighted by atomic mass is 10.1. The number of aryl methyl sites for hydroxylation is 1. The van der Waals surface area contributed by atoms with E-state index in [1.165, 1.54) is 6.92 Å². The van der Waals surface area contributed by atoms with Gasteiger partial charge in [-0.2, -0.15) is 0 Å². The van der Waals surface area contributed by atoms with Gasteiger partial charge in [-0.25, -0.2) is 0 Å². The van der Waals surface area contributed by atoms with Gasteiger partial charge >= 0.3 is 0 Å². The highest BCUT2D eigenvalue weighted by molar-refractivity contribution is 6.05. The van der Waals surface area contributed by atoms with Gasteiger partial charge in [-0.3, -0.25) is 4.79 Å². The number of hydrogen-bond acceptors (Lipinski definition) is 3. The van der Waals surface area contributed by atoms with Crippen LogP contribution in [0, 0.1) is 6.92 Å². The van der Waals surface area contributed by atoms with Crippen LogP contribution in [0.15, 0.2) is 48.5 Å². The lowest BCUT2D eigenvalue weighted by Crippen LogP contribution is -2.09. The molecule has 0 aliphatic heterocycles. The lowest BCUT2D eigenvalue weighted by Gasteiger charge is -2.12. The molecule has 1 N–H and O–H groups in total. The maximum Gasteiger partial charge on any atom is 0.221 e. The van der Waals surface area contributed by atoms with Gasteiger partial charge < -0.3 is 5.32 Å². The number of carbonyl (C=O) groups excluding carboxylic acids is 1.